The van der Waals surface area contributed by atoms with E-state index in [1.807, 2.05) is 12.1 Å². The zero-order valence-corrected chi connectivity index (χ0v) is 12.9. The summed E-state index contributed by atoms with van der Waals surface area (Å²) < 4.78 is 13.9. The smallest absolute Gasteiger partial charge is 0.126 e. The van der Waals surface area contributed by atoms with Crippen LogP contribution in [0.3, 0.4) is 0 Å². The zero-order chi connectivity index (χ0) is 14.9. The lowest BCUT2D eigenvalue weighted by atomic mass is 9.90. The largest absolute Gasteiger partial charge is 0.329 e. The minimum atomic E-state index is -0.218. The molecule has 0 heterocycles. The lowest BCUT2D eigenvalue weighted by Gasteiger charge is -2.32. The van der Waals surface area contributed by atoms with Gasteiger partial charge in [0.05, 0.1) is 0 Å². The highest BCUT2D eigenvalue weighted by atomic mass is 19.1. The molecule has 3 rings (SSSR count). The molecule has 0 bridgehead atoms. The maximum Gasteiger partial charge on any atom is 0.126 e. The second kappa shape index (κ2) is 6.05. The van der Waals surface area contributed by atoms with Gasteiger partial charge < -0.3 is 11.1 Å². The Hall–Kier alpha value is -0.930. The molecular weight excluding hydrogens is 263 g/mol. The third-order valence-corrected chi connectivity index (χ3v) is 5.21. The van der Waals surface area contributed by atoms with Crippen LogP contribution in [0.4, 0.5) is 4.39 Å². The van der Waals surface area contributed by atoms with Gasteiger partial charge in [-0.05, 0) is 75.0 Å². The lowest BCUT2D eigenvalue weighted by Crippen LogP contribution is -2.52. The molecule has 0 radical (unpaired) electrons. The molecular formula is C18H27FN2. The van der Waals surface area contributed by atoms with E-state index in [1.165, 1.54) is 31.7 Å². The highest BCUT2D eigenvalue weighted by Gasteiger charge is 2.41. The number of rotatable bonds is 8. The minimum absolute atomic E-state index is 0.125. The number of halogens is 1. The second-order valence-electron chi connectivity index (χ2n) is 7.25. The molecule has 21 heavy (non-hydrogen) atoms. The van der Waals surface area contributed by atoms with Crippen molar-refractivity contribution in [1.82, 2.24) is 5.32 Å². The molecule has 0 aromatic heterocycles. The predicted molar refractivity (Wildman–Crippen MR) is 84.5 cm³/mol. The predicted octanol–water partition coefficient (Wildman–Crippen LogP) is 3.11. The van der Waals surface area contributed by atoms with Crippen LogP contribution >= 0.6 is 0 Å². The first-order chi connectivity index (χ1) is 10.1. The SMILES string of the molecule is CC(CN)(Cc1ccccc1F)NCC(C1CC1)C1CC1. The van der Waals surface area contributed by atoms with E-state index >= 15 is 0 Å². The summed E-state index contributed by atoms with van der Waals surface area (Å²) in [5.41, 5.74) is 6.53. The number of hydrogen-bond donors (Lipinski definition) is 2. The fourth-order valence-electron chi connectivity index (χ4n) is 3.40. The van der Waals surface area contributed by atoms with Gasteiger partial charge in [0.15, 0.2) is 0 Å². The molecule has 2 saturated carbocycles. The number of nitrogens with two attached hydrogens (primary N) is 1. The average molecular weight is 290 g/mol. The summed E-state index contributed by atoms with van der Waals surface area (Å²) in [5, 5.41) is 3.67. The minimum Gasteiger partial charge on any atom is -0.329 e. The van der Waals surface area contributed by atoms with Crippen LogP contribution in [0.25, 0.3) is 0 Å². The van der Waals surface area contributed by atoms with Gasteiger partial charge in [-0.3, -0.25) is 0 Å². The number of benzene rings is 1. The first-order valence-electron chi connectivity index (χ1n) is 8.30. The molecule has 0 amide bonds. The van der Waals surface area contributed by atoms with Crippen LogP contribution in [-0.4, -0.2) is 18.6 Å². The summed E-state index contributed by atoms with van der Waals surface area (Å²) in [4.78, 5) is 0. The Morgan fingerprint density at radius 2 is 1.86 bits per heavy atom. The summed E-state index contributed by atoms with van der Waals surface area (Å²) >= 11 is 0. The van der Waals surface area contributed by atoms with Crippen molar-refractivity contribution in [1.29, 1.82) is 0 Å². The van der Waals surface area contributed by atoms with Crippen LogP contribution in [0.15, 0.2) is 24.3 Å². The van der Waals surface area contributed by atoms with E-state index < -0.39 is 0 Å². The van der Waals surface area contributed by atoms with Crippen molar-refractivity contribution in [2.45, 2.75) is 44.6 Å². The molecule has 2 aliphatic rings. The molecule has 2 fully saturated rings. The standard InChI is InChI=1S/C18H27FN2/c1-18(12-20,10-15-4-2-3-5-17(15)19)21-11-16(13-6-7-13)14-8-9-14/h2-5,13-14,16,21H,6-12,20H2,1H3. The van der Waals surface area contributed by atoms with Crippen molar-refractivity contribution in [2.24, 2.45) is 23.5 Å². The number of hydrogen-bond acceptors (Lipinski definition) is 2. The molecule has 0 saturated heterocycles. The van der Waals surface area contributed by atoms with Gasteiger partial charge in [-0.15, -0.1) is 0 Å². The molecule has 1 aromatic rings. The monoisotopic (exact) mass is 290 g/mol. The molecule has 116 valence electrons. The third-order valence-electron chi connectivity index (χ3n) is 5.21. The van der Waals surface area contributed by atoms with Crippen LogP contribution < -0.4 is 11.1 Å². The summed E-state index contributed by atoms with van der Waals surface area (Å²) in [6.07, 6.45) is 6.24. The van der Waals surface area contributed by atoms with Gasteiger partial charge >= 0.3 is 0 Å². The highest BCUT2D eigenvalue weighted by molar-refractivity contribution is 5.20. The van der Waals surface area contributed by atoms with Gasteiger partial charge in [0.2, 0.25) is 0 Å². The van der Waals surface area contributed by atoms with Crippen LogP contribution in [0, 0.1) is 23.6 Å². The van der Waals surface area contributed by atoms with E-state index in [0.29, 0.717) is 13.0 Å². The van der Waals surface area contributed by atoms with Gasteiger partial charge in [0.1, 0.15) is 5.82 Å². The summed E-state index contributed by atoms with van der Waals surface area (Å²) in [5.74, 6) is 2.55. The van der Waals surface area contributed by atoms with E-state index in [9.17, 15) is 4.39 Å². The fourth-order valence-corrected chi connectivity index (χ4v) is 3.40. The van der Waals surface area contributed by atoms with Crippen LogP contribution in [0.5, 0.6) is 0 Å². The Kier molecular flexibility index (Phi) is 4.32. The van der Waals surface area contributed by atoms with Crippen molar-refractivity contribution in [3.05, 3.63) is 35.6 Å². The maximum atomic E-state index is 13.9. The Balaban J connectivity index is 1.61. The Labute approximate surface area is 127 Å². The van der Waals surface area contributed by atoms with Crippen LogP contribution in [0.1, 0.15) is 38.2 Å². The Morgan fingerprint density at radius 3 is 2.38 bits per heavy atom. The zero-order valence-electron chi connectivity index (χ0n) is 12.9. The molecule has 1 atom stereocenters. The van der Waals surface area contributed by atoms with Crippen molar-refractivity contribution >= 4 is 0 Å². The van der Waals surface area contributed by atoms with Crippen molar-refractivity contribution in [3.63, 3.8) is 0 Å². The molecule has 2 nitrogen and oxygen atoms in total. The van der Waals surface area contributed by atoms with Gasteiger partial charge in [0, 0.05) is 12.1 Å². The Morgan fingerprint density at radius 1 is 1.24 bits per heavy atom. The average Bonchev–Trinajstić information content (AvgIpc) is 3.35. The second-order valence-corrected chi connectivity index (χ2v) is 7.25. The van der Waals surface area contributed by atoms with Crippen molar-refractivity contribution < 1.29 is 4.39 Å². The first-order valence-corrected chi connectivity index (χ1v) is 8.30. The van der Waals surface area contributed by atoms with Crippen molar-refractivity contribution in [2.75, 3.05) is 13.1 Å². The highest BCUT2D eigenvalue weighted by Crippen LogP contribution is 2.49. The van der Waals surface area contributed by atoms with E-state index in [-0.39, 0.29) is 11.4 Å². The van der Waals surface area contributed by atoms with E-state index in [1.54, 1.807) is 6.07 Å². The molecule has 3 N–H and O–H groups in total. The first kappa shape index (κ1) is 15.0. The topological polar surface area (TPSA) is 38.0 Å². The van der Waals surface area contributed by atoms with Crippen LogP contribution in [-0.2, 0) is 6.42 Å². The molecule has 1 aromatic carbocycles. The molecule has 3 heteroatoms. The summed E-state index contributed by atoms with van der Waals surface area (Å²) in [6.45, 7) is 3.69. The molecule has 1 unspecified atom stereocenters. The van der Waals surface area contributed by atoms with Gasteiger partial charge in [-0.2, -0.15) is 0 Å². The quantitative estimate of drug-likeness (QED) is 0.772. The fraction of sp³-hybridized carbons (Fsp3) is 0.667. The van der Waals surface area contributed by atoms with Crippen LogP contribution in [0.2, 0.25) is 0 Å². The van der Waals surface area contributed by atoms with Gasteiger partial charge in [-0.25, -0.2) is 4.39 Å². The normalized spacial score (nSPS) is 21.5. The van der Waals surface area contributed by atoms with Crippen molar-refractivity contribution in [3.8, 4) is 0 Å². The summed E-state index contributed by atoms with van der Waals surface area (Å²) in [7, 11) is 0. The number of nitrogens with one attached hydrogen (secondary N) is 1. The summed E-state index contributed by atoms with van der Waals surface area (Å²) in [6, 6.07) is 7.03. The molecule has 2 aliphatic carbocycles. The maximum absolute atomic E-state index is 13.9. The Bertz CT molecular complexity index is 470. The molecule has 0 spiro atoms. The third kappa shape index (κ3) is 3.83. The van der Waals surface area contributed by atoms with Gasteiger partial charge in [0.25, 0.3) is 0 Å². The van der Waals surface area contributed by atoms with E-state index in [4.69, 9.17) is 5.73 Å². The van der Waals surface area contributed by atoms with Gasteiger partial charge in [-0.1, -0.05) is 18.2 Å². The van der Waals surface area contributed by atoms with E-state index in [2.05, 4.69) is 12.2 Å². The van der Waals surface area contributed by atoms with E-state index in [0.717, 1.165) is 29.9 Å². The lowest BCUT2D eigenvalue weighted by molar-refractivity contribution is 0.292. The molecule has 0 aliphatic heterocycles.